The summed E-state index contributed by atoms with van der Waals surface area (Å²) >= 11 is 0. The maximum Gasteiger partial charge on any atom is 0.430 e. The molecule has 5 rings (SSSR count). The van der Waals surface area contributed by atoms with Crippen molar-refractivity contribution in [3.8, 4) is 25.7 Å². The molecule has 1 saturated carbocycles. The Morgan fingerprint density at radius 2 is 1.33 bits per heavy atom. The zero-order chi connectivity index (χ0) is 37.4. The summed E-state index contributed by atoms with van der Waals surface area (Å²) in [7, 11) is -1.84. The molecule has 1 atom stereocenters. The van der Waals surface area contributed by atoms with E-state index in [1.807, 2.05) is 0 Å². The standard InChI is InChI=1S/C18H14F7NO2S.C7H13NO.C6H5F.2C2H2/c19-13-4-6-14(7-5-13)29(28)26-9-1-2-11-10-12(3-8-15(11)26)16(27,17(20,21)22)18(23,24)25;1-6(9)8-7-4-2-3-5-7;7-6-4-2-1-3-5-6;2*1-2/h3-8,10,27H,1-2,9H2;7H,2-5H2,1H3,(H,8,9);1-5H;2*1-2H. The Morgan fingerprint density at radius 1 is 0.816 bits per heavy atom. The van der Waals surface area contributed by atoms with E-state index < -0.39 is 40.3 Å². The lowest BCUT2D eigenvalue weighted by atomic mass is 9.89. The van der Waals surface area contributed by atoms with Crippen LogP contribution in [0.2, 0.25) is 0 Å². The molecule has 1 unspecified atom stereocenters. The van der Waals surface area contributed by atoms with Gasteiger partial charge < -0.3 is 10.4 Å². The van der Waals surface area contributed by atoms with E-state index in [9.17, 15) is 49.2 Å². The minimum atomic E-state index is -5.98. The first-order chi connectivity index (χ1) is 23.0. The highest BCUT2D eigenvalue weighted by Crippen LogP contribution is 2.51. The lowest BCUT2D eigenvalue weighted by Crippen LogP contribution is -2.54. The molecule has 49 heavy (non-hydrogen) atoms. The number of rotatable bonds is 4. The number of benzene rings is 3. The van der Waals surface area contributed by atoms with Crippen molar-refractivity contribution in [3.63, 3.8) is 0 Å². The third kappa shape index (κ3) is 11.9. The first-order valence-electron chi connectivity index (χ1n) is 14.6. The molecule has 2 N–H and O–H groups in total. The third-order valence-electron chi connectivity index (χ3n) is 7.10. The highest BCUT2D eigenvalue weighted by atomic mass is 32.2. The third-order valence-corrected chi connectivity index (χ3v) is 8.56. The van der Waals surface area contributed by atoms with Gasteiger partial charge in [-0.15, -0.1) is 25.7 Å². The molecule has 0 radical (unpaired) electrons. The minimum Gasteiger partial charge on any atom is -0.369 e. The van der Waals surface area contributed by atoms with E-state index in [1.165, 1.54) is 54.3 Å². The fraction of sp³-hybridized carbons (Fsp3) is 0.343. The number of aliphatic hydroxyl groups is 1. The van der Waals surface area contributed by atoms with E-state index in [-0.39, 0.29) is 40.8 Å². The summed E-state index contributed by atoms with van der Waals surface area (Å²) in [5.41, 5.74) is -6.09. The predicted octanol–water partition coefficient (Wildman–Crippen LogP) is 8.00. The number of amides is 1. The first-order valence-corrected chi connectivity index (χ1v) is 15.7. The molecule has 0 bridgehead atoms. The van der Waals surface area contributed by atoms with Crippen LogP contribution in [0, 0.1) is 37.3 Å². The first kappa shape index (κ1) is 42.6. The molecule has 14 heteroatoms. The molecule has 1 amide bonds. The van der Waals surface area contributed by atoms with Crippen molar-refractivity contribution in [2.75, 3.05) is 10.8 Å². The Labute approximate surface area is 283 Å². The van der Waals surface area contributed by atoms with Crippen LogP contribution in [-0.2, 0) is 27.8 Å². The molecule has 5 nitrogen and oxygen atoms in total. The molecule has 266 valence electrons. The quantitative estimate of drug-likeness (QED) is 0.213. The molecule has 2 aliphatic rings. The van der Waals surface area contributed by atoms with Gasteiger partial charge in [0, 0.05) is 25.1 Å². The van der Waals surface area contributed by atoms with E-state index in [4.69, 9.17) is 0 Å². The summed E-state index contributed by atoms with van der Waals surface area (Å²) in [6.07, 6.45) is 9.43. The van der Waals surface area contributed by atoms with Crippen LogP contribution in [0.3, 0.4) is 0 Å². The lowest BCUT2D eigenvalue weighted by molar-refractivity contribution is -0.376. The number of hydrogen-bond donors (Lipinski definition) is 2. The van der Waals surface area contributed by atoms with Gasteiger partial charge in [-0.25, -0.2) is 13.0 Å². The second kappa shape index (κ2) is 19.6. The zero-order valence-electron chi connectivity index (χ0n) is 26.4. The lowest BCUT2D eigenvalue weighted by Gasteiger charge is -2.35. The van der Waals surface area contributed by atoms with Gasteiger partial charge in [0.15, 0.2) is 11.0 Å². The number of hydrogen-bond acceptors (Lipinski definition) is 3. The fourth-order valence-electron chi connectivity index (χ4n) is 4.90. The number of alkyl halides is 6. The smallest absolute Gasteiger partial charge is 0.369 e. The van der Waals surface area contributed by atoms with Crippen LogP contribution in [0.4, 0.5) is 40.8 Å². The van der Waals surface area contributed by atoms with Gasteiger partial charge in [-0.05, 0) is 73.7 Å². The molecular weight excluding hydrogens is 680 g/mol. The number of halogens is 8. The molecule has 3 aromatic carbocycles. The summed E-state index contributed by atoms with van der Waals surface area (Å²) in [6.45, 7) is 1.82. The van der Waals surface area contributed by atoms with Gasteiger partial charge in [0.1, 0.15) is 11.6 Å². The molecule has 0 aromatic heterocycles. The van der Waals surface area contributed by atoms with Crippen LogP contribution in [-0.4, -0.2) is 40.2 Å². The normalized spacial score (nSPS) is 14.8. The maximum atomic E-state index is 13.1. The topological polar surface area (TPSA) is 69.6 Å². The summed E-state index contributed by atoms with van der Waals surface area (Å²) < 4.78 is 118. The van der Waals surface area contributed by atoms with Crippen LogP contribution >= 0.6 is 0 Å². The molecule has 0 saturated heterocycles. The Balaban J connectivity index is 0.000000486. The summed E-state index contributed by atoms with van der Waals surface area (Å²) in [5.74, 6) is -0.613. The van der Waals surface area contributed by atoms with Crippen molar-refractivity contribution < 1.29 is 49.2 Å². The number of fused-ring (bicyclic) bond motifs is 1. The molecule has 0 spiro atoms. The van der Waals surface area contributed by atoms with Crippen molar-refractivity contribution in [1.29, 1.82) is 0 Å². The van der Waals surface area contributed by atoms with Crippen LogP contribution in [0.25, 0.3) is 0 Å². The summed E-state index contributed by atoms with van der Waals surface area (Å²) in [5, 5.41) is 12.5. The molecule has 1 fully saturated rings. The van der Waals surface area contributed by atoms with Crippen LogP contribution < -0.4 is 9.62 Å². The number of carbonyl (C=O) groups is 1. The highest BCUT2D eigenvalue weighted by Gasteiger charge is 2.71. The number of nitrogens with zero attached hydrogens (tertiary/aromatic N) is 1. The molecule has 3 aromatic rings. The SMILES string of the molecule is C#C.C#C.CC(=O)NC1CCCC1.Fc1ccccc1.O=S(c1ccc(F)cc1)N1CCCc2cc(C(O)(C(F)(F)F)C(F)(F)F)ccc21. The fourth-order valence-corrected chi connectivity index (χ4v) is 6.17. The largest absolute Gasteiger partial charge is 0.430 e. The number of nitrogens with one attached hydrogen (secondary N) is 1. The second-order valence-electron chi connectivity index (χ2n) is 10.4. The average Bonchev–Trinajstić information content (AvgIpc) is 3.58. The van der Waals surface area contributed by atoms with Crippen molar-refractivity contribution in [3.05, 3.63) is 95.6 Å². The van der Waals surface area contributed by atoms with E-state index in [2.05, 4.69) is 31.0 Å². The Morgan fingerprint density at radius 3 is 1.78 bits per heavy atom. The molecule has 1 aliphatic carbocycles. The number of terminal acetylenes is 2. The average molecular weight is 717 g/mol. The van der Waals surface area contributed by atoms with Crippen molar-refractivity contribution in [1.82, 2.24) is 5.32 Å². The number of aryl methyl sites for hydroxylation is 1. The van der Waals surface area contributed by atoms with Gasteiger partial charge >= 0.3 is 12.4 Å². The molecule has 1 heterocycles. The van der Waals surface area contributed by atoms with Crippen molar-refractivity contribution in [2.24, 2.45) is 0 Å². The number of carbonyl (C=O) groups excluding carboxylic acids is 1. The predicted molar refractivity (Wildman–Crippen MR) is 173 cm³/mol. The van der Waals surface area contributed by atoms with Crippen LogP contribution in [0.15, 0.2) is 77.7 Å². The Bertz CT molecular complexity index is 1500. The zero-order valence-corrected chi connectivity index (χ0v) is 27.2. The van der Waals surface area contributed by atoms with Gasteiger partial charge in [0.05, 0.1) is 10.6 Å². The monoisotopic (exact) mass is 716 g/mol. The molecule has 1 aliphatic heterocycles. The minimum absolute atomic E-state index is 0.0936. The Kier molecular flexibility index (Phi) is 17.0. The number of anilines is 1. The summed E-state index contributed by atoms with van der Waals surface area (Å²) in [6, 6.07) is 15.3. The van der Waals surface area contributed by atoms with Crippen molar-refractivity contribution >= 4 is 22.6 Å². The van der Waals surface area contributed by atoms with Crippen LogP contribution in [0.1, 0.15) is 50.2 Å². The maximum absolute atomic E-state index is 13.1. The second-order valence-corrected chi connectivity index (χ2v) is 11.8. The van der Waals surface area contributed by atoms with Gasteiger partial charge in [-0.1, -0.05) is 43.2 Å². The Hall–Kier alpha value is -4.40. The van der Waals surface area contributed by atoms with E-state index in [0.29, 0.717) is 24.6 Å². The van der Waals surface area contributed by atoms with E-state index in [1.54, 1.807) is 25.1 Å². The van der Waals surface area contributed by atoms with Crippen molar-refractivity contribution in [2.45, 2.75) is 74.3 Å². The van der Waals surface area contributed by atoms with E-state index in [0.717, 1.165) is 18.2 Å². The van der Waals surface area contributed by atoms with E-state index >= 15 is 0 Å². The van der Waals surface area contributed by atoms with Gasteiger partial charge in [-0.3, -0.25) is 9.10 Å². The van der Waals surface area contributed by atoms with Gasteiger partial charge in [-0.2, -0.15) is 26.3 Å². The van der Waals surface area contributed by atoms with Gasteiger partial charge in [0.2, 0.25) is 5.91 Å². The summed E-state index contributed by atoms with van der Waals surface area (Å²) in [4.78, 5) is 10.7. The van der Waals surface area contributed by atoms with Gasteiger partial charge in [0.25, 0.3) is 5.60 Å². The van der Waals surface area contributed by atoms with Crippen LogP contribution in [0.5, 0.6) is 0 Å². The molecular formula is C35H36F8N2O3S. The highest BCUT2D eigenvalue weighted by molar-refractivity contribution is 7.86.